The number of aromatic nitrogens is 1. The maximum absolute atomic E-state index is 11.9. The van der Waals surface area contributed by atoms with Crippen molar-refractivity contribution in [2.24, 2.45) is 10.6 Å². The fourth-order valence-electron chi connectivity index (χ4n) is 1.37. The smallest absolute Gasteiger partial charge is 0.318 e. The topological polar surface area (TPSA) is 99.4 Å². The van der Waals surface area contributed by atoms with Gasteiger partial charge in [0.25, 0.3) is 10.0 Å². The summed E-state index contributed by atoms with van der Waals surface area (Å²) in [6, 6.07) is 4.68. The molecule has 0 spiro atoms. The number of alkyl halides is 1. The lowest BCUT2D eigenvalue weighted by molar-refractivity contribution is -0.142. The average Bonchev–Trinajstić information content (AvgIpc) is 2.81. The molecule has 2 N–H and O–H groups in total. The van der Waals surface area contributed by atoms with Crippen molar-refractivity contribution >= 4 is 49.1 Å². The third-order valence-corrected chi connectivity index (χ3v) is 5.70. The summed E-state index contributed by atoms with van der Waals surface area (Å²) in [7, 11) is -3.85. The molecule has 0 fully saturated rings. The number of sulfonamides is 1. The minimum atomic E-state index is -3.85. The molecule has 0 aliphatic carbocycles. The zero-order chi connectivity index (χ0) is 15.8. The van der Waals surface area contributed by atoms with Crippen LogP contribution in [0.15, 0.2) is 22.5 Å². The minimum Gasteiger partial charge on any atom is -0.426 e. The van der Waals surface area contributed by atoms with Gasteiger partial charge in [-0.05, 0) is 26.0 Å². The Hall–Kier alpha value is -1.22. The molecular weight excluding hydrogens is 336 g/mol. The van der Waals surface area contributed by atoms with Crippen LogP contribution in [0.1, 0.15) is 13.8 Å². The van der Waals surface area contributed by atoms with Gasteiger partial charge < -0.3 is 4.74 Å². The number of primary sulfonamides is 1. The molecule has 0 aliphatic heterocycles. The molecule has 21 heavy (non-hydrogen) atoms. The highest BCUT2D eigenvalue weighted by atomic mass is 35.5. The Morgan fingerprint density at radius 2 is 2.14 bits per heavy atom. The van der Waals surface area contributed by atoms with Crippen molar-refractivity contribution < 1.29 is 17.9 Å². The number of halogens is 1. The molecule has 0 unspecified atom stereocenters. The maximum atomic E-state index is 11.9. The van der Waals surface area contributed by atoms with Gasteiger partial charge in [-0.2, -0.15) is 0 Å². The van der Waals surface area contributed by atoms with E-state index in [2.05, 4.69) is 4.98 Å². The van der Waals surface area contributed by atoms with Gasteiger partial charge in [-0.15, -0.1) is 22.9 Å². The fraction of sp³-hybridized carbons (Fsp3) is 0.333. The molecule has 0 saturated heterocycles. The van der Waals surface area contributed by atoms with E-state index < -0.39 is 21.4 Å². The Bertz CT molecular complexity index is 799. The van der Waals surface area contributed by atoms with Crippen molar-refractivity contribution in [3.05, 3.63) is 18.2 Å². The van der Waals surface area contributed by atoms with Crippen molar-refractivity contribution in [2.45, 2.75) is 18.2 Å². The molecule has 0 atom stereocenters. The van der Waals surface area contributed by atoms with E-state index in [0.717, 1.165) is 11.3 Å². The van der Waals surface area contributed by atoms with Crippen LogP contribution < -0.4 is 9.88 Å². The molecule has 2 rings (SSSR count). The van der Waals surface area contributed by atoms with Crippen LogP contribution in [-0.2, 0) is 14.8 Å². The van der Waals surface area contributed by atoms with Crippen molar-refractivity contribution in [3.63, 3.8) is 0 Å². The predicted molar refractivity (Wildman–Crippen MR) is 81.1 cm³/mol. The van der Waals surface area contributed by atoms with Gasteiger partial charge in [0.2, 0.25) is 4.34 Å². The van der Waals surface area contributed by atoms with Crippen molar-refractivity contribution in [1.29, 1.82) is 0 Å². The first kappa shape index (κ1) is 16.2. The number of fused-ring (bicyclic) bond motifs is 1. The van der Waals surface area contributed by atoms with E-state index in [4.69, 9.17) is 21.5 Å². The fourth-order valence-corrected chi connectivity index (χ4v) is 3.12. The van der Waals surface area contributed by atoms with E-state index in [1.165, 1.54) is 6.07 Å². The average molecular weight is 349 g/mol. The van der Waals surface area contributed by atoms with Crippen molar-refractivity contribution in [3.8, 4) is 5.75 Å². The lowest BCUT2D eigenvalue weighted by Gasteiger charge is -2.18. The molecule has 9 heteroatoms. The molecule has 114 valence electrons. The highest BCUT2D eigenvalue weighted by Crippen LogP contribution is 2.29. The number of rotatable bonds is 4. The summed E-state index contributed by atoms with van der Waals surface area (Å²) < 4.78 is 28.2. The number of esters is 1. The summed E-state index contributed by atoms with van der Waals surface area (Å²) in [6.45, 7) is 3.34. The summed E-state index contributed by atoms with van der Waals surface area (Å²) in [6.07, 6.45) is 0. The van der Waals surface area contributed by atoms with Crippen LogP contribution in [0.3, 0.4) is 0 Å². The molecule has 2 aromatic rings. The van der Waals surface area contributed by atoms with E-state index in [1.807, 2.05) is 0 Å². The zero-order valence-corrected chi connectivity index (χ0v) is 13.7. The highest BCUT2D eigenvalue weighted by molar-refractivity contribution is 7.91. The van der Waals surface area contributed by atoms with E-state index in [-0.39, 0.29) is 16.0 Å². The quantitative estimate of drug-likeness (QED) is 0.518. The normalized spacial score (nSPS) is 12.6. The van der Waals surface area contributed by atoms with Crippen LogP contribution in [0.25, 0.3) is 10.2 Å². The summed E-state index contributed by atoms with van der Waals surface area (Å²) in [4.78, 5) is 15.8. The first-order valence-corrected chi connectivity index (χ1v) is 8.75. The minimum absolute atomic E-state index is 0.125. The van der Waals surface area contributed by atoms with Gasteiger partial charge in [0.05, 0.1) is 15.6 Å². The molecule has 0 amide bonds. The highest BCUT2D eigenvalue weighted by Gasteiger charge is 2.29. The van der Waals surface area contributed by atoms with Gasteiger partial charge in [0.15, 0.2) is 0 Å². The Morgan fingerprint density at radius 1 is 1.48 bits per heavy atom. The van der Waals surface area contributed by atoms with E-state index in [0.29, 0.717) is 10.2 Å². The van der Waals surface area contributed by atoms with Crippen LogP contribution in [0.4, 0.5) is 0 Å². The summed E-state index contributed by atoms with van der Waals surface area (Å²) in [5.41, 5.74) is -0.414. The van der Waals surface area contributed by atoms with Crippen LogP contribution in [0.5, 0.6) is 5.75 Å². The van der Waals surface area contributed by atoms with Gasteiger partial charge in [-0.3, -0.25) is 4.79 Å². The van der Waals surface area contributed by atoms with Crippen molar-refractivity contribution in [2.75, 3.05) is 5.88 Å². The van der Waals surface area contributed by atoms with Crippen LogP contribution in [-0.4, -0.2) is 25.3 Å². The molecule has 0 radical (unpaired) electrons. The Labute approximate surface area is 130 Å². The summed E-state index contributed by atoms with van der Waals surface area (Å²) >= 11 is 6.67. The second-order valence-corrected chi connectivity index (χ2v) is 8.09. The van der Waals surface area contributed by atoms with E-state index in [1.54, 1.807) is 26.0 Å². The monoisotopic (exact) mass is 348 g/mol. The number of nitrogens with two attached hydrogens (primary N) is 1. The third kappa shape index (κ3) is 3.52. The SMILES string of the molecule is CC(C)(CCl)C(=O)Oc1ccc2sc(S(N)(=O)=O)nc2c1. The van der Waals surface area contributed by atoms with Gasteiger partial charge in [0.1, 0.15) is 5.75 Å². The second kappa shape index (κ2) is 5.53. The molecule has 1 aromatic heterocycles. The third-order valence-electron chi connectivity index (χ3n) is 2.68. The molecule has 1 aromatic carbocycles. The van der Waals surface area contributed by atoms with Gasteiger partial charge in [-0.25, -0.2) is 18.5 Å². The van der Waals surface area contributed by atoms with Crippen molar-refractivity contribution in [1.82, 2.24) is 4.98 Å². The molecule has 6 nitrogen and oxygen atoms in total. The summed E-state index contributed by atoms with van der Waals surface area (Å²) in [5, 5.41) is 5.03. The summed E-state index contributed by atoms with van der Waals surface area (Å²) in [5.74, 6) is -0.0731. The number of nitrogens with zero attached hydrogens (tertiary/aromatic N) is 1. The largest absolute Gasteiger partial charge is 0.426 e. The van der Waals surface area contributed by atoms with E-state index >= 15 is 0 Å². The Balaban J connectivity index is 2.34. The predicted octanol–water partition coefficient (Wildman–Crippen LogP) is 2.11. The Morgan fingerprint density at radius 3 is 2.71 bits per heavy atom. The van der Waals surface area contributed by atoms with Crippen LogP contribution in [0, 0.1) is 5.41 Å². The van der Waals surface area contributed by atoms with Gasteiger partial charge >= 0.3 is 5.97 Å². The maximum Gasteiger partial charge on any atom is 0.318 e. The Kier molecular flexibility index (Phi) is 4.25. The first-order valence-electron chi connectivity index (χ1n) is 5.85. The zero-order valence-electron chi connectivity index (χ0n) is 11.3. The number of carbonyl (C=O) groups excluding carboxylic acids is 1. The number of hydrogen-bond donors (Lipinski definition) is 1. The lowest BCUT2D eigenvalue weighted by Crippen LogP contribution is -2.30. The second-order valence-electron chi connectivity index (χ2n) is 5.06. The van der Waals surface area contributed by atoms with Crippen LogP contribution >= 0.6 is 22.9 Å². The lowest BCUT2D eigenvalue weighted by atomic mass is 9.97. The first-order chi connectivity index (χ1) is 9.63. The number of thiazole rings is 1. The molecular formula is C12H13ClN2O4S2. The number of carbonyl (C=O) groups is 1. The molecule has 0 bridgehead atoms. The standard InChI is InChI=1S/C12H13ClN2O4S2/c1-12(2,6-13)10(16)19-7-3-4-9-8(5-7)15-11(20-9)21(14,17)18/h3-5H,6H2,1-2H3,(H2,14,17,18). The number of hydrogen-bond acceptors (Lipinski definition) is 6. The molecule has 1 heterocycles. The number of benzene rings is 1. The molecule has 0 saturated carbocycles. The van der Waals surface area contributed by atoms with Gasteiger partial charge in [0, 0.05) is 11.9 Å². The van der Waals surface area contributed by atoms with Crippen LogP contribution in [0.2, 0.25) is 0 Å². The van der Waals surface area contributed by atoms with E-state index in [9.17, 15) is 13.2 Å². The molecule has 0 aliphatic rings. The number of ether oxygens (including phenoxy) is 1. The van der Waals surface area contributed by atoms with Gasteiger partial charge in [-0.1, -0.05) is 0 Å².